The van der Waals surface area contributed by atoms with Gasteiger partial charge in [-0.3, -0.25) is 9.97 Å². The highest BCUT2D eigenvalue weighted by atomic mass is 14.7. The van der Waals surface area contributed by atoms with Gasteiger partial charge in [0.25, 0.3) is 0 Å². The molecule has 0 amide bonds. The van der Waals surface area contributed by atoms with Gasteiger partial charge in [0.2, 0.25) is 0 Å². The molecule has 0 unspecified atom stereocenters. The van der Waals surface area contributed by atoms with Crippen LogP contribution in [0.1, 0.15) is 11.1 Å². The van der Waals surface area contributed by atoms with E-state index in [1.54, 1.807) is 0 Å². The maximum atomic E-state index is 4.51. The number of hydrogen-bond donors (Lipinski definition) is 0. The van der Waals surface area contributed by atoms with E-state index in [0.717, 1.165) is 16.4 Å². The molecule has 3 rings (SSSR count). The molecule has 0 aliphatic carbocycles. The van der Waals surface area contributed by atoms with Crippen molar-refractivity contribution in [1.29, 1.82) is 0 Å². The van der Waals surface area contributed by atoms with Crippen molar-refractivity contribution in [1.82, 2.24) is 9.97 Å². The third-order valence-electron chi connectivity index (χ3n) is 2.88. The highest BCUT2D eigenvalue weighted by Gasteiger charge is 2.05. The molecular formula is C14H12N2. The second kappa shape index (κ2) is 3.27. The van der Waals surface area contributed by atoms with Gasteiger partial charge in [0.1, 0.15) is 0 Å². The molecule has 2 nitrogen and oxygen atoms in total. The van der Waals surface area contributed by atoms with E-state index in [1.807, 2.05) is 18.5 Å². The first-order chi connectivity index (χ1) is 7.75. The summed E-state index contributed by atoms with van der Waals surface area (Å²) >= 11 is 0. The predicted octanol–water partition coefficient (Wildman–Crippen LogP) is 3.40. The lowest BCUT2D eigenvalue weighted by Gasteiger charge is -2.06. The third kappa shape index (κ3) is 1.27. The van der Waals surface area contributed by atoms with Crippen molar-refractivity contribution >= 4 is 21.8 Å². The topological polar surface area (TPSA) is 25.8 Å². The number of aromatic nitrogens is 2. The number of aryl methyl sites for hydroxylation is 2. The lowest BCUT2D eigenvalue weighted by Crippen LogP contribution is -1.88. The number of pyridine rings is 2. The summed E-state index contributed by atoms with van der Waals surface area (Å²) in [6.07, 6.45) is 3.72. The van der Waals surface area contributed by atoms with Gasteiger partial charge in [-0.25, -0.2) is 0 Å². The summed E-state index contributed by atoms with van der Waals surface area (Å²) in [6.45, 7) is 4.18. The van der Waals surface area contributed by atoms with Crippen LogP contribution in [0.4, 0.5) is 0 Å². The fourth-order valence-electron chi connectivity index (χ4n) is 2.10. The summed E-state index contributed by atoms with van der Waals surface area (Å²) in [6, 6.07) is 8.38. The van der Waals surface area contributed by atoms with E-state index < -0.39 is 0 Å². The Morgan fingerprint density at radius 2 is 1.88 bits per heavy atom. The molecule has 0 radical (unpaired) electrons. The Labute approximate surface area is 94.0 Å². The number of fused-ring (bicyclic) bond motifs is 3. The number of hydrogen-bond acceptors (Lipinski definition) is 2. The van der Waals surface area contributed by atoms with E-state index in [0.29, 0.717) is 0 Å². The molecule has 0 fully saturated rings. The molecule has 0 saturated carbocycles. The van der Waals surface area contributed by atoms with Crippen LogP contribution < -0.4 is 0 Å². The van der Waals surface area contributed by atoms with Gasteiger partial charge in [0, 0.05) is 23.2 Å². The van der Waals surface area contributed by atoms with Crippen LogP contribution >= 0.6 is 0 Å². The molecule has 78 valence electrons. The van der Waals surface area contributed by atoms with Crippen molar-refractivity contribution in [3.05, 3.63) is 47.8 Å². The Morgan fingerprint density at radius 1 is 1.00 bits per heavy atom. The predicted molar refractivity (Wildman–Crippen MR) is 66.5 cm³/mol. The first-order valence-corrected chi connectivity index (χ1v) is 5.36. The lowest BCUT2D eigenvalue weighted by molar-refractivity contribution is 1.31. The fraction of sp³-hybridized carbons (Fsp3) is 0.143. The normalized spacial score (nSPS) is 11.1. The van der Waals surface area contributed by atoms with Crippen LogP contribution in [0.15, 0.2) is 36.7 Å². The van der Waals surface area contributed by atoms with Crippen LogP contribution in [0.3, 0.4) is 0 Å². The van der Waals surface area contributed by atoms with E-state index in [4.69, 9.17) is 0 Å². The quantitative estimate of drug-likeness (QED) is 0.529. The molecule has 0 aliphatic heterocycles. The van der Waals surface area contributed by atoms with Gasteiger partial charge < -0.3 is 0 Å². The molecule has 16 heavy (non-hydrogen) atoms. The lowest BCUT2D eigenvalue weighted by atomic mass is 10.0. The Hall–Kier alpha value is -1.96. The van der Waals surface area contributed by atoms with Crippen LogP contribution in [0.2, 0.25) is 0 Å². The Balaban J connectivity index is 2.59. The van der Waals surface area contributed by atoms with Crippen molar-refractivity contribution in [2.75, 3.05) is 0 Å². The molecule has 0 aliphatic rings. The van der Waals surface area contributed by atoms with Crippen LogP contribution in [0.25, 0.3) is 21.8 Å². The average Bonchev–Trinajstić information content (AvgIpc) is 2.29. The molecule has 2 aromatic heterocycles. The minimum atomic E-state index is 0.989. The van der Waals surface area contributed by atoms with Crippen molar-refractivity contribution in [3.63, 3.8) is 0 Å². The molecule has 0 saturated heterocycles. The van der Waals surface area contributed by atoms with Crippen LogP contribution in [0, 0.1) is 13.8 Å². The first-order valence-electron chi connectivity index (χ1n) is 5.36. The summed E-state index contributed by atoms with van der Waals surface area (Å²) in [5.41, 5.74) is 4.43. The van der Waals surface area contributed by atoms with Gasteiger partial charge in [-0.1, -0.05) is 6.07 Å². The molecule has 2 heterocycles. The van der Waals surface area contributed by atoms with Gasteiger partial charge in [-0.05, 0) is 43.2 Å². The van der Waals surface area contributed by atoms with Gasteiger partial charge in [0.15, 0.2) is 0 Å². The number of rotatable bonds is 0. The molecule has 1 aromatic carbocycles. The third-order valence-corrected chi connectivity index (χ3v) is 2.88. The molecule has 0 atom stereocenters. The SMILES string of the molecule is Cc1cnc2c(c1)c(C)cc1cccnc12. The summed E-state index contributed by atoms with van der Waals surface area (Å²) in [7, 11) is 0. The van der Waals surface area contributed by atoms with Crippen molar-refractivity contribution < 1.29 is 0 Å². The van der Waals surface area contributed by atoms with Gasteiger partial charge in [-0.2, -0.15) is 0 Å². The van der Waals surface area contributed by atoms with Gasteiger partial charge in [0.05, 0.1) is 11.0 Å². The number of nitrogens with zero attached hydrogens (tertiary/aromatic N) is 2. The van der Waals surface area contributed by atoms with Gasteiger partial charge in [-0.15, -0.1) is 0 Å². The fourth-order valence-corrected chi connectivity index (χ4v) is 2.10. The minimum Gasteiger partial charge on any atom is -0.254 e. The maximum absolute atomic E-state index is 4.51. The van der Waals surface area contributed by atoms with E-state index in [-0.39, 0.29) is 0 Å². The summed E-state index contributed by atoms with van der Waals surface area (Å²) < 4.78 is 0. The Bertz CT molecular complexity index is 687. The molecule has 0 N–H and O–H groups in total. The molecular weight excluding hydrogens is 196 g/mol. The summed E-state index contributed by atoms with van der Waals surface area (Å²) in [5.74, 6) is 0. The largest absolute Gasteiger partial charge is 0.254 e. The average molecular weight is 208 g/mol. The zero-order chi connectivity index (χ0) is 11.1. The van der Waals surface area contributed by atoms with Crippen LogP contribution in [-0.2, 0) is 0 Å². The second-order valence-electron chi connectivity index (χ2n) is 4.18. The van der Waals surface area contributed by atoms with Crippen molar-refractivity contribution in [2.45, 2.75) is 13.8 Å². The summed E-state index contributed by atoms with van der Waals surface area (Å²) in [4.78, 5) is 8.92. The smallest absolute Gasteiger partial charge is 0.0967 e. The summed E-state index contributed by atoms with van der Waals surface area (Å²) in [5, 5.41) is 2.36. The van der Waals surface area contributed by atoms with Crippen molar-refractivity contribution in [2.24, 2.45) is 0 Å². The number of benzene rings is 1. The van der Waals surface area contributed by atoms with Gasteiger partial charge >= 0.3 is 0 Å². The first kappa shape index (κ1) is 9.28. The second-order valence-corrected chi connectivity index (χ2v) is 4.18. The van der Waals surface area contributed by atoms with E-state index >= 15 is 0 Å². The molecule has 3 aromatic rings. The monoisotopic (exact) mass is 208 g/mol. The maximum Gasteiger partial charge on any atom is 0.0967 e. The highest BCUT2D eigenvalue weighted by molar-refractivity contribution is 6.04. The van der Waals surface area contributed by atoms with E-state index in [2.05, 4.69) is 42.0 Å². The molecule has 0 spiro atoms. The van der Waals surface area contributed by atoms with Crippen molar-refractivity contribution in [3.8, 4) is 0 Å². The minimum absolute atomic E-state index is 0.989. The van der Waals surface area contributed by atoms with E-state index in [1.165, 1.54) is 16.5 Å². The molecule has 0 bridgehead atoms. The van der Waals surface area contributed by atoms with Crippen LogP contribution in [0.5, 0.6) is 0 Å². The Kier molecular flexibility index (Phi) is 1.90. The van der Waals surface area contributed by atoms with E-state index in [9.17, 15) is 0 Å². The zero-order valence-corrected chi connectivity index (χ0v) is 9.36. The highest BCUT2D eigenvalue weighted by Crippen LogP contribution is 2.25. The molecule has 2 heteroatoms. The van der Waals surface area contributed by atoms with Crippen LogP contribution in [-0.4, -0.2) is 9.97 Å². The Morgan fingerprint density at radius 3 is 2.75 bits per heavy atom. The standard InChI is InChI=1S/C14H12N2/c1-9-6-12-10(2)7-11-4-3-5-15-13(11)14(12)16-8-9/h3-8H,1-2H3. The zero-order valence-electron chi connectivity index (χ0n) is 9.36.